The second-order valence-corrected chi connectivity index (χ2v) is 3.74. The number of β-amino-alcohol motifs (C(OH)–C–C–N with tert-alkyl or cyclic N) is 1. The van der Waals surface area contributed by atoms with Crippen LogP contribution in [0, 0.1) is 0 Å². The number of aromatic nitrogens is 1. The fourth-order valence-corrected chi connectivity index (χ4v) is 1.92. The number of H-pyrrole nitrogens is 1. The van der Waals surface area contributed by atoms with Gasteiger partial charge in [0.15, 0.2) is 0 Å². The Morgan fingerprint density at radius 2 is 2.54 bits per heavy atom. The fourth-order valence-electron chi connectivity index (χ4n) is 1.92. The van der Waals surface area contributed by atoms with E-state index in [1.165, 1.54) is 5.69 Å². The maximum absolute atomic E-state index is 9.39. The van der Waals surface area contributed by atoms with Crippen LogP contribution in [0.1, 0.15) is 25.1 Å². The van der Waals surface area contributed by atoms with Crippen LogP contribution in [0.4, 0.5) is 0 Å². The molecule has 0 bridgehead atoms. The molecule has 0 spiro atoms. The van der Waals surface area contributed by atoms with Crippen LogP contribution in [-0.4, -0.2) is 34.2 Å². The highest BCUT2D eigenvalue weighted by Crippen LogP contribution is 2.22. The number of rotatable bonds is 2. The minimum Gasteiger partial charge on any atom is -0.392 e. The van der Waals surface area contributed by atoms with Crippen LogP contribution in [0.25, 0.3) is 0 Å². The lowest BCUT2D eigenvalue weighted by molar-refractivity contribution is 0.162. The Bertz CT molecular complexity index is 258. The number of likely N-dealkylation sites (tertiary alicyclic amines) is 1. The summed E-state index contributed by atoms with van der Waals surface area (Å²) in [6.45, 7) is 3.98. The van der Waals surface area contributed by atoms with E-state index in [1.54, 1.807) is 0 Å². The van der Waals surface area contributed by atoms with Crippen molar-refractivity contribution in [2.24, 2.45) is 0 Å². The Labute approximate surface area is 78.4 Å². The van der Waals surface area contributed by atoms with Crippen molar-refractivity contribution in [3.8, 4) is 0 Å². The number of aliphatic hydroxyl groups excluding tert-OH is 1. The van der Waals surface area contributed by atoms with Gasteiger partial charge in [0.2, 0.25) is 0 Å². The molecule has 1 saturated heterocycles. The van der Waals surface area contributed by atoms with E-state index in [4.69, 9.17) is 0 Å². The average molecular weight is 180 g/mol. The van der Waals surface area contributed by atoms with Crippen LogP contribution in [0.2, 0.25) is 0 Å². The Hall–Kier alpha value is -0.800. The Kier molecular flexibility index (Phi) is 2.38. The summed E-state index contributed by atoms with van der Waals surface area (Å²) in [5.41, 5.74) is 1.23. The van der Waals surface area contributed by atoms with Gasteiger partial charge in [-0.2, -0.15) is 0 Å². The summed E-state index contributed by atoms with van der Waals surface area (Å²) in [5, 5.41) is 9.39. The van der Waals surface area contributed by atoms with Crippen molar-refractivity contribution in [2.75, 3.05) is 13.1 Å². The molecule has 0 radical (unpaired) electrons. The Morgan fingerprint density at radius 3 is 3.08 bits per heavy atom. The molecule has 1 fully saturated rings. The molecule has 3 heteroatoms. The van der Waals surface area contributed by atoms with Gasteiger partial charge in [-0.15, -0.1) is 0 Å². The van der Waals surface area contributed by atoms with Crippen molar-refractivity contribution in [1.29, 1.82) is 0 Å². The molecule has 2 atom stereocenters. The van der Waals surface area contributed by atoms with E-state index in [-0.39, 0.29) is 6.10 Å². The predicted molar refractivity (Wildman–Crippen MR) is 51.4 cm³/mol. The molecule has 1 aliphatic heterocycles. The van der Waals surface area contributed by atoms with Crippen LogP contribution < -0.4 is 0 Å². The average Bonchev–Trinajstić information content (AvgIpc) is 2.72. The normalized spacial score (nSPS) is 26.5. The van der Waals surface area contributed by atoms with Gasteiger partial charge in [0.1, 0.15) is 0 Å². The molecule has 0 aromatic carbocycles. The van der Waals surface area contributed by atoms with Gasteiger partial charge >= 0.3 is 0 Å². The zero-order valence-electron chi connectivity index (χ0n) is 7.90. The van der Waals surface area contributed by atoms with E-state index < -0.39 is 0 Å². The van der Waals surface area contributed by atoms with E-state index in [9.17, 15) is 5.11 Å². The lowest BCUT2D eigenvalue weighted by atomic mass is 10.2. The molecule has 0 saturated carbocycles. The minimum atomic E-state index is -0.127. The van der Waals surface area contributed by atoms with E-state index in [2.05, 4.69) is 22.9 Å². The lowest BCUT2D eigenvalue weighted by Gasteiger charge is -2.22. The maximum Gasteiger partial charge on any atom is 0.0679 e. The summed E-state index contributed by atoms with van der Waals surface area (Å²) in [6, 6.07) is 4.50. The molecular formula is C10H16N2O. The number of aliphatic hydroxyl groups is 1. The quantitative estimate of drug-likeness (QED) is 0.716. The van der Waals surface area contributed by atoms with Crippen LogP contribution >= 0.6 is 0 Å². The summed E-state index contributed by atoms with van der Waals surface area (Å²) >= 11 is 0. The largest absolute Gasteiger partial charge is 0.392 e. The summed E-state index contributed by atoms with van der Waals surface area (Å²) in [7, 11) is 0. The second-order valence-electron chi connectivity index (χ2n) is 3.74. The van der Waals surface area contributed by atoms with E-state index >= 15 is 0 Å². The first-order valence-corrected chi connectivity index (χ1v) is 4.83. The zero-order chi connectivity index (χ0) is 9.26. The van der Waals surface area contributed by atoms with Crippen LogP contribution in [0.5, 0.6) is 0 Å². The molecule has 3 nitrogen and oxygen atoms in total. The van der Waals surface area contributed by atoms with Gasteiger partial charge in [-0.25, -0.2) is 0 Å². The lowest BCUT2D eigenvalue weighted by Crippen LogP contribution is -2.25. The summed E-state index contributed by atoms with van der Waals surface area (Å²) in [5.74, 6) is 0. The number of aromatic amines is 1. The van der Waals surface area contributed by atoms with E-state index in [0.717, 1.165) is 19.5 Å². The molecule has 2 N–H and O–H groups in total. The molecule has 1 aromatic rings. The van der Waals surface area contributed by atoms with Crippen molar-refractivity contribution in [1.82, 2.24) is 9.88 Å². The smallest absolute Gasteiger partial charge is 0.0679 e. The highest BCUT2D eigenvalue weighted by molar-refractivity contribution is 5.08. The molecule has 0 aliphatic carbocycles. The third-order valence-electron chi connectivity index (χ3n) is 2.81. The van der Waals surface area contributed by atoms with Crippen molar-refractivity contribution >= 4 is 0 Å². The molecule has 1 aliphatic rings. The number of nitrogens with one attached hydrogen (secondary N) is 1. The van der Waals surface area contributed by atoms with Gasteiger partial charge in [-0.05, 0) is 25.5 Å². The first-order valence-electron chi connectivity index (χ1n) is 4.83. The molecule has 2 unspecified atom stereocenters. The number of nitrogens with zero attached hydrogens (tertiary/aromatic N) is 1. The van der Waals surface area contributed by atoms with Gasteiger partial charge in [-0.1, -0.05) is 0 Å². The Morgan fingerprint density at radius 1 is 1.69 bits per heavy atom. The van der Waals surface area contributed by atoms with E-state index in [0.29, 0.717) is 6.04 Å². The zero-order valence-corrected chi connectivity index (χ0v) is 7.90. The molecular weight excluding hydrogens is 164 g/mol. The van der Waals surface area contributed by atoms with Crippen molar-refractivity contribution < 1.29 is 5.11 Å². The summed E-state index contributed by atoms with van der Waals surface area (Å²) < 4.78 is 0. The van der Waals surface area contributed by atoms with Crippen LogP contribution in [-0.2, 0) is 0 Å². The SMILES string of the molecule is CC(c1ccc[nH]1)N1CCC(O)C1. The topological polar surface area (TPSA) is 39.3 Å². The van der Waals surface area contributed by atoms with Gasteiger partial charge < -0.3 is 10.1 Å². The van der Waals surface area contributed by atoms with Gasteiger partial charge in [-0.3, -0.25) is 4.90 Å². The maximum atomic E-state index is 9.39. The first kappa shape index (κ1) is 8.78. The molecule has 13 heavy (non-hydrogen) atoms. The molecule has 0 amide bonds. The van der Waals surface area contributed by atoms with Crippen molar-refractivity contribution in [3.63, 3.8) is 0 Å². The number of hydrogen-bond acceptors (Lipinski definition) is 2. The first-order chi connectivity index (χ1) is 6.27. The Balaban J connectivity index is 2.02. The summed E-state index contributed by atoms with van der Waals surface area (Å²) in [6.07, 6.45) is 2.72. The highest BCUT2D eigenvalue weighted by Gasteiger charge is 2.25. The van der Waals surface area contributed by atoms with Crippen LogP contribution in [0.15, 0.2) is 18.3 Å². The third kappa shape index (κ3) is 1.76. The van der Waals surface area contributed by atoms with Gasteiger partial charge in [0.05, 0.1) is 6.10 Å². The highest BCUT2D eigenvalue weighted by atomic mass is 16.3. The standard InChI is InChI=1S/C10H16N2O/c1-8(10-3-2-5-11-10)12-6-4-9(13)7-12/h2-3,5,8-9,11,13H,4,6-7H2,1H3. The molecule has 2 rings (SSSR count). The van der Waals surface area contributed by atoms with Crippen molar-refractivity contribution in [3.05, 3.63) is 24.0 Å². The minimum absolute atomic E-state index is 0.127. The van der Waals surface area contributed by atoms with Gasteiger partial charge in [0, 0.05) is 31.0 Å². The fraction of sp³-hybridized carbons (Fsp3) is 0.600. The number of hydrogen-bond donors (Lipinski definition) is 2. The molecule has 2 heterocycles. The van der Waals surface area contributed by atoms with Crippen molar-refractivity contribution in [2.45, 2.75) is 25.5 Å². The third-order valence-corrected chi connectivity index (χ3v) is 2.81. The second kappa shape index (κ2) is 3.52. The monoisotopic (exact) mass is 180 g/mol. The van der Waals surface area contributed by atoms with Crippen LogP contribution in [0.3, 0.4) is 0 Å². The van der Waals surface area contributed by atoms with Gasteiger partial charge in [0.25, 0.3) is 0 Å². The van der Waals surface area contributed by atoms with E-state index in [1.807, 2.05) is 12.3 Å². The summed E-state index contributed by atoms with van der Waals surface area (Å²) in [4.78, 5) is 5.51. The molecule has 72 valence electrons. The predicted octanol–water partition coefficient (Wildman–Crippen LogP) is 1.14. The molecule has 1 aromatic heterocycles.